The predicted molar refractivity (Wildman–Crippen MR) is 64.5 cm³/mol. The van der Waals surface area contributed by atoms with Gasteiger partial charge in [0.1, 0.15) is 5.82 Å². The molecule has 0 aliphatic carbocycles. The van der Waals surface area contributed by atoms with Gasteiger partial charge in [-0.15, -0.1) is 0 Å². The first-order valence-electron chi connectivity index (χ1n) is 5.55. The summed E-state index contributed by atoms with van der Waals surface area (Å²) in [4.78, 5) is 6.54. The number of aromatic nitrogens is 1. The molecule has 0 spiro atoms. The lowest BCUT2D eigenvalue weighted by Crippen LogP contribution is -2.36. The molecule has 1 atom stereocenters. The van der Waals surface area contributed by atoms with Gasteiger partial charge >= 0.3 is 0 Å². The molecule has 0 fully saturated rings. The van der Waals surface area contributed by atoms with Crippen molar-refractivity contribution in [3.8, 4) is 0 Å². The summed E-state index contributed by atoms with van der Waals surface area (Å²) in [7, 11) is 1.70. The topological polar surface area (TPSA) is 45.6 Å². The largest absolute Gasteiger partial charge is 0.390 e. The second-order valence-electron chi connectivity index (χ2n) is 3.74. The SMILES string of the molecule is CCN(c1cccc(CO)n1)C(C)COC. The average Bonchev–Trinajstić information content (AvgIpc) is 2.31. The minimum Gasteiger partial charge on any atom is -0.390 e. The Balaban J connectivity index is 2.85. The number of nitrogens with zero attached hydrogens (tertiary/aromatic N) is 2. The van der Waals surface area contributed by atoms with Crippen molar-refractivity contribution in [2.24, 2.45) is 0 Å². The number of aliphatic hydroxyl groups is 1. The molecule has 0 radical (unpaired) electrons. The molecule has 0 aromatic carbocycles. The third-order valence-electron chi connectivity index (χ3n) is 2.53. The molecule has 0 bridgehead atoms. The van der Waals surface area contributed by atoms with Crippen LogP contribution in [0.15, 0.2) is 18.2 Å². The van der Waals surface area contributed by atoms with Crippen molar-refractivity contribution in [3.05, 3.63) is 23.9 Å². The average molecular weight is 224 g/mol. The summed E-state index contributed by atoms with van der Waals surface area (Å²) in [6.45, 7) is 5.69. The number of pyridine rings is 1. The van der Waals surface area contributed by atoms with Crippen LogP contribution in [0.1, 0.15) is 19.5 Å². The van der Waals surface area contributed by atoms with E-state index in [1.807, 2.05) is 18.2 Å². The van der Waals surface area contributed by atoms with E-state index in [2.05, 4.69) is 23.7 Å². The van der Waals surface area contributed by atoms with Gasteiger partial charge in [-0.05, 0) is 26.0 Å². The van der Waals surface area contributed by atoms with Crippen LogP contribution >= 0.6 is 0 Å². The molecular weight excluding hydrogens is 204 g/mol. The summed E-state index contributed by atoms with van der Waals surface area (Å²) in [6.07, 6.45) is 0. The number of methoxy groups -OCH3 is 1. The normalized spacial score (nSPS) is 12.5. The van der Waals surface area contributed by atoms with Gasteiger partial charge in [0.25, 0.3) is 0 Å². The van der Waals surface area contributed by atoms with Gasteiger partial charge in [-0.25, -0.2) is 4.98 Å². The number of hydrogen-bond acceptors (Lipinski definition) is 4. The molecule has 1 aromatic rings. The van der Waals surface area contributed by atoms with Gasteiger partial charge in [0.2, 0.25) is 0 Å². The molecular formula is C12H20N2O2. The molecule has 0 saturated heterocycles. The Morgan fingerprint density at radius 1 is 1.50 bits per heavy atom. The van der Waals surface area contributed by atoms with Crippen molar-refractivity contribution in [1.29, 1.82) is 0 Å². The van der Waals surface area contributed by atoms with E-state index in [4.69, 9.17) is 9.84 Å². The molecule has 90 valence electrons. The number of ether oxygens (including phenoxy) is 1. The van der Waals surface area contributed by atoms with Gasteiger partial charge in [-0.2, -0.15) is 0 Å². The fourth-order valence-corrected chi connectivity index (χ4v) is 1.75. The van der Waals surface area contributed by atoms with Crippen LogP contribution < -0.4 is 4.90 Å². The summed E-state index contributed by atoms with van der Waals surface area (Å²) in [5.74, 6) is 0.888. The fraction of sp³-hybridized carbons (Fsp3) is 0.583. The van der Waals surface area contributed by atoms with Crippen molar-refractivity contribution in [3.63, 3.8) is 0 Å². The van der Waals surface area contributed by atoms with Gasteiger partial charge in [0, 0.05) is 13.7 Å². The predicted octanol–water partition coefficient (Wildman–Crippen LogP) is 1.44. The number of likely N-dealkylation sites (N-methyl/N-ethyl adjacent to an activating group) is 1. The van der Waals surface area contributed by atoms with Crippen LogP contribution in [-0.2, 0) is 11.3 Å². The second kappa shape index (κ2) is 6.45. The number of aliphatic hydroxyl groups excluding tert-OH is 1. The van der Waals surface area contributed by atoms with Crippen molar-refractivity contribution in [1.82, 2.24) is 4.98 Å². The molecule has 0 aliphatic heterocycles. The number of rotatable bonds is 6. The molecule has 1 N–H and O–H groups in total. The number of anilines is 1. The fourth-order valence-electron chi connectivity index (χ4n) is 1.75. The summed E-state index contributed by atoms with van der Waals surface area (Å²) < 4.78 is 5.15. The monoisotopic (exact) mass is 224 g/mol. The van der Waals surface area contributed by atoms with Crippen LogP contribution in [-0.4, -0.2) is 36.4 Å². The first-order chi connectivity index (χ1) is 7.72. The maximum atomic E-state index is 9.05. The lowest BCUT2D eigenvalue weighted by Gasteiger charge is -2.28. The summed E-state index contributed by atoms with van der Waals surface area (Å²) >= 11 is 0. The highest BCUT2D eigenvalue weighted by molar-refractivity contribution is 5.40. The first-order valence-corrected chi connectivity index (χ1v) is 5.55. The smallest absolute Gasteiger partial charge is 0.129 e. The maximum Gasteiger partial charge on any atom is 0.129 e. The third-order valence-corrected chi connectivity index (χ3v) is 2.53. The molecule has 4 heteroatoms. The Hall–Kier alpha value is -1.13. The molecule has 1 heterocycles. The lowest BCUT2D eigenvalue weighted by molar-refractivity contribution is 0.181. The van der Waals surface area contributed by atoms with Crippen LogP contribution in [0.4, 0.5) is 5.82 Å². The number of hydrogen-bond donors (Lipinski definition) is 1. The highest BCUT2D eigenvalue weighted by atomic mass is 16.5. The zero-order valence-electron chi connectivity index (χ0n) is 10.2. The highest BCUT2D eigenvalue weighted by Crippen LogP contribution is 2.14. The lowest BCUT2D eigenvalue weighted by atomic mass is 10.2. The molecule has 1 unspecified atom stereocenters. The van der Waals surface area contributed by atoms with Gasteiger partial charge in [-0.1, -0.05) is 6.07 Å². The van der Waals surface area contributed by atoms with E-state index >= 15 is 0 Å². The van der Waals surface area contributed by atoms with E-state index in [0.717, 1.165) is 12.4 Å². The summed E-state index contributed by atoms with van der Waals surface area (Å²) in [5, 5.41) is 9.05. The molecule has 0 aliphatic rings. The summed E-state index contributed by atoms with van der Waals surface area (Å²) in [6, 6.07) is 5.96. The van der Waals surface area contributed by atoms with Crippen molar-refractivity contribution in [2.75, 3.05) is 25.2 Å². The first kappa shape index (κ1) is 12.9. The van der Waals surface area contributed by atoms with Crippen LogP contribution in [0.3, 0.4) is 0 Å². The third kappa shape index (κ3) is 3.18. The van der Waals surface area contributed by atoms with Crippen LogP contribution in [0, 0.1) is 0 Å². The van der Waals surface area contributed by atoms with Crippen molar-refractivity contribution < 1.29 is 9.84 Å². The summed E-state index contributed by atoms with van der Waals surface area (Å²) in [5.41, 5.74) is 0.695. The standard InChI is InChI=1S/C12H20N2O2/c1-4-14(10(2)9-16-3)12-7-5-6-11(8-15)13-12/h5-7,10,15H,4,8-9H2,1-3H3. The minimum absolute atomic E-state index is 0.0238. The Labute approximate surface area is 96.9 Å². The van der Waals surface area contributed by atoms with E-state index in [0.29, 0.717) is 12.3 Å². The molecule has 0 amide bonds. The van der Waals surface area contributed by atoms with E-state index in [9.17, 15) is 0 Å². The van der Waals surface area contributed by atoms with E-state index in [1.165, 1.54) is 0 Å². The quantitative estimate of drug-likeness (QED) is 0.794. The van der Waals surface area contributed by atoms with E-state index < -0.39 is 0 Å². The minimum atomic E-state index is -0.0238. The molecule has 16 heavy (non-hydrogen) atoms. The van der Waals surface area contributed by atoms with E-state index in [1.54, 1.807) is 7.11 Å². The van der Waals surface area contributed by atoms with Gasteiger partial charge in [0.05, 0.1) is 24.9 Å². The zero-order valence-corrected chi connectivity index (χ0v) is 10.2. The maximum absolute atomic E-state index is 9.05. The van der Waals surface area contributed by atoms with Crippen LogP contribution in [0.25, 0.3) is 0 Å². The van der Waals surface area contributed by atoms with Crippen molar-refractivity contribution in [2.45, 2.75) is 26.5 Å². The Kier molecular flexibility index (Phi) is 5.22. The van der Waals surface area contributed by atoms with Gasteiger partial charge in [0.15, 0.2) is 0 Å². The van der Waals surface area contributed by atoms with Crippen molar-refractivity contribution >= 4 is 5.82 Å². The van der Waals surface area contributed by atoms with E-state index in [-0.39, 0.29) is 12.6 Å². The second-order valence-corrected chi connectivity index (χ2v) is 3.74. The zero-order chi connectivity index (χ0) is 12.0. The Bertz CT molecular complexity index is 318. The molecule has 4 nitrogen and oxygen atoms in total. The molecule has 0 saturated carbocycles. The molecule has 1 aromatic heterocycles. The van der Waals surface area contributed by atoms with Gasteiger partial charge in [-0.3, -0.25) is 0 Å². The Morgan fingerprint density at radius 2 is 2.25 bits per heavy atom. The van der Waals surface area contributed by atoms with Crippen LogP contribution in [0.5, 0.6) is 0 Å². The molecule has 1 rings (SSSR count). The Morgan fingerprint density at radius 3 is 2.81 bits per heavy atom. The van der Waals surface area contributed by atoms with Crippen LogP contribution in [0.2, 0.25) is 0 Å². The highest BCUT2D eigenvalue weighted by Gasteiger charge is 2.13. The van der Waals surface area contributed by atoms with Gasteiger partial charge < -0.3 is 14.7 Å².